The Hall–Kier alpha value is -1.91. The molecule has 1 unspecified atom stereocenters. The molecular weight excluding hydrogens is 300 g/mol. The molecule has 0 radical (unpaired) electrons. The molecule has 2 heterocycles. The average Bonchev–Trinajstić information content (AvgIpc) is 2.65. The van der Waals surface area contributed by atoms with Crippen molar-refractivity contribution >= 4 is 10.9 Å². The van der Waals surface area contributed by atoms with Crippen molar-refractivity contribution in [1.29, 1.82) is 0 Å². The number of nitrogens with zero attached hydrogens (tertiary/aromatic N) is 1. The van der Waals surface area contributed by atoms with Crippen molar-refractivity contribution in [2.45, 2.75) is 25.4 Å². The summed E-state index contributed by atoms with van der Waals surface area (Å²) >= 11 is 0. The average molecular weight is 326 g/mol. The van der Waals surface area contributed by atoms with Gasteiger partial charge in [-0.05, 0) is 67.5 Å². The number of pyridine rings is 1. The summed E-state index contributed by atoms with van der Waals surface area (Å²) in [6, 6.07) is 7.71. The van der Waals surface area contributed by atoms with E-state index in [9.17, 15) is 5.11 Å². The van der Waals surface area contributed by atoms with Crippen LogP contribution in [0.15, 0.2) is 43.1 Å². The molecule has 0 saturated carbocycles. The van der Waals surface area contributed by atoms with Crippen LogP contribution in [0.4, 0.5) is 0 Å². The van der Waals surface area contributed by atoms with Gasteiger partial charge in [0, 0.05) is 18.1 Å². The third kappa shape index (κ3) is 3.60. The minimum absolute atomic E-state index is 0.483. The maximum Gasteiger partial charge on any atom is 0.119 e. The fraction of sp³-hybridized carbons (Fsp3) is 0.450. The number of piperidine rings is 1. The first-order valence-corrected chi connectivity index (χ1v) is 8.67. The molecule has 24 heavy (non-hydrogen) atoms. The van der Waals surface area contributed by atoms with Crippen molar-refractivity contribution < 1.29 is 9.84 Å². The van der Waals surface area contributed by atoms with E-state index >= 15 is 0 Å². The molecule has 4 heteroatoms. The van der Waals surface area contributed by atoms with Crippen molar-refractivity contribution in [1.82, 2.24) is 10.3 Å². The van der Waals surface area contributed by atoms with E-state index < -0.39 is 6.10 Å². The van der Waals surface area contributed by atoms with Crippen LogP contribution < -0.4 is 10.1 Å². The van der Waals surface area contributed by atoms with E-state index in [0.29, 0.717) is 11.8 Å². The second-order valence-corrected chi connectivity index (χ2v) is 6.53. The van der Waals surface area contributed by atoms with E-state index in [1.165, 1.54) is 0 Å². The smallest absolute Gasteiger partial charge is 0.119 e. The largest absolute Gasteiger partial charge is 0.497 e. The van der Waals surface area contributed by atoms with Crippen LogP contribution in [0, 0.1) is 11.8 Å². The normalized spacial score (nSPS) is 22.2. The summed E-state index contributed by atoms with van der Waals surface area (Å²) in [5, 5.41) is 15.1. The third-order valence-electron chi connectivity index (χ3n) is 5.13. The Morgan fingerprint density at radius 1 is 1.46 bits per heavy atom. The van der Waals surface area contributed by atoms with Crippen molar-refractivity contribution in [2.75, 3.05) is 20.2 Å². The Balaban J connectivity index is 1.76. The molecule has 0 amide bonds. The van der Waals surface area contributed by atoms with Gasteiger partial charge in [0.1, 0.15) is 5.75 Å². The van der Waals surface area contributed by atoms with E-state index in [0.717, 1.165) is 54.6 Å². The van der Waals surface area contributed by atoms with E-state index in [2.05, 4.69) is 23.0 Å². The van der Waals surface area contributed by atoms with Gasteiger partial charge in [-0.3, -0.25) is 4.98 Å². The number of hydrogen-bond acceptors (Lipinski definition) is 4. The Kier molecular flexibility index (Phi) is 5.48. The van der Waals surface area contributed by atoms with E-state index in [1.807, 2.05) is 24.3 Å². The molecule has 3 rings (SSSR count). The van der Waals surface area contributed by atoms with Gasteiger partial charge in [-0.2, -0.15) is 0 Å². The molecule has 0 spiro atoms. The molecule has 0 aliphatic carbocycles. The number of nitrogens with one attached hydrogen (secondary N) is 1. The van der Waals surface area contributed by atoms with Crippen LogP contribution in [0.2, 0.25) is 0 Å². The van der Waals surface area contributed by atoms with Gasteiger partial charge in [0.25, 0.3) is 0 Å². The lowest BCUT2D eigenvalue weighted by atomic mass is 9.82. The highest BCUT2D eigenvalue weighted by Gasteiger charge is 2.23. The van der Waals surface area contributed by atoms with Gasteiger partial charge in [0.05, 0.1) is 18.7 Å². The SMILES string of the molecule is C=C[C@@H]1CNCCC1CC[C@H](O)c1ccnc2ccc(OC)cc12. The van der Waals surface area contributed by atoms with Crippen molar-refractivity contribution in [3.05, 3.63) is 48.7 Å². The lowest BCUT2D eigenvalue weighted by molar-refractivity contribution is 0.147. The second kappa shape index (κ2) is 7.77. The Bertz CT molecular complexity index is 701. The van der Waals surface area contributed by atoms with E-state index in [4.69, 9.17) is 4.74 Å². The number of aliphatic hydroxyl groups excluding tert-OH is 1. The molecule has 1 aliphatic heterocycles. The Morgan fingerprint density at radius 3 is 3.12 bits per heavy atom. The van der Waals surface area contributed by atoms with Crippen LogP contribution >= 0.6 is 0 Å². The van der Waals surface area contributed by atoms with Crippen molar-refractivity contribution in [2.24, 2.45) is 11.8 Å². The zero-order valence-corrected chi connectivity index (χ0v) is 14.2. The number of hydrogen-bond donors (Lipinski definition) is 2. The van der Waals surface area contributed by atoms with Gasteiger partial charge in [-0.25, -0.2) is 0 Å². The maximum atomic E-state index is 10.8. The first kappa shape index (κ1) is 16.9. The molecule has 0 bridgehead atoms. The fourth-order valence-corrected chi connectivity index (χ4v) is 3.66. The first-order valence-electron chi connectivity index (χ1n) is 8.67. The second-order valence-electron chi connectivity index (χ2n) is 6.53. The van der Waals surface area contributed by atoms with Crippen LogP contribution in [0.5, 0.6) is 5.75 Å². The predicted octanol–water partition coefficient (Wildman–Crippen LogP) is 3.47. The molecule has 3 atom stereocenters. The third-order valence-corrected chi connectivity index (χ3v) is 5.13. The van der Waals surface area contributed by atoms with Gasteiger partial charge in [-0.15, -0.1) is 6.58 Å². The fourth-order valence-electron chi connectivity index (χ4n) is 3.66. The summed E-state index contributed by atoms with van der Waals surface area (Å²) in [6.45, 7) is 6.01. The quantitative estimate of drug-likeness (QED) is 0.798. The number of fused-ring (bicyclic) bond motifs is 1. The molecule has 2 aromatic rings. The minimum atomic E-state index is -0.483. The number of aliphatic hydroxyl groups is 1. The molecular formula is C20H26N2O2. The van der Waals surface area contributed by atoms with Gasteiger partial charge in [-0.1, -0.05) is 6.08 Å². The lowest BCUT2D eigenvalue weighted by Crippen LogP contribution is -2.35. The Morgan fingerprint density at radius 2 is 2.33 bits per heavy atom. The number of methoxy groups -OCH3 is 1. The molecule has 1 saturated heterocycles. The van der Waals surface area contributed by atoms with Gasteiger partial charge in [0.15, 0.2) is 0 Å². The molecule has 128 valence electrons. The van der Waals surface area contributed by atoms with Gasteiger partial charge < -0.3 is 15.2 Å². The first-order chi connectivity index (χ1) is 11.7. The summed E-state index contributed by atoms with van der Waals surface area (Å²) < 4.78 is 5.31. The number of benzene rings is 1. The summed E-state index contributed by atoms with van der Waals surface area (Å²) in [5.41, 5.74) is 1.82. The topological polar surface area (TPSA) is 54.4 Å². The van der Waals surface area contributed by atoms with Crippen LogP contribution in [0.1, 0.15) is 30.9 Å². The number of aromatic nitrogens is 1. The zero-order chi connectivity index (χ0) is 16.9. The summed E-state index contributed by atoms with van der Waals surface area (Å²) in [6.07, 6.45) is 6.25. The standard InChI is InChI=1S/C20H26N2O2/c1-3-14-13-21-10-8-15(14)4-7-20(23)17-9-11-22-19-6-5-16(24-2)12-18(17)19/h3,5-6,9,11-12,14-15,20-21,23H,1,4,7-8,10,13H2,2H3/t14-,15?,20+/m1/s1. The van der Waals surface area contributed by atoms with E-state index in [1.54, 1.807) is 13.3 Å². The molecule has 4 nitrogen and oxygen atoms in total. The molecule has 1 aromatic carbocycles. The predicted molar refractivity (Wildman–Crippen MR) is 97.2 cm³/mol. The van der Waals surface area contributed by atoms with Crippen molar-refractivity contribution in [3.8, 4) is 5.75 Å². The van der Waals surface area contributed by atoms with Crippen LogP contribution in [-0.2, 0) is 0 Å². The number of rotatable bonds is 6. The van der Waals surface area contributed by atoms with Crippen molar-refractivity contribution in [3.63, 3.8) is 0 Å². The van der Waals surface area contributed by atoms with Gasteiger partial charge in [0.2, 0.25) is 0 Å². The summed E-state index contributed by atoms with van der Waals surface area (Å²) in [5.74, 6) is 1.88. The summed E-state index contributed by atoms with van der Waals surface area (Å²) in [4.78, 5) is 4.39. The van der Waals surface area contributed by atoms with Crippen LogP contribution in [0.3, 0.4) is 0 Å². The molecule has 1 fully saturated rings. The number of ether oxygens (including phenoxy) is 1. The molecule has 1 aliphatic rings. The molecule has 1 aromatic heterocycles. The lowest BCUT2D eigenvalue weighted by Gasteiger charge is -2.30. The van der Waals surface area contributed by atoms with Crippen LogP contribution in [-0.4, -0.2) is 30.3 Å². The monoisotopic (exact) mass is 326 g/mol. The zero-order valence-electron chi connectivity index (χ0n) is 14.2. The minimum Gasteiger partial charge on any atom is -0.497 e. The van der Waals surface area contributed by atoms with E-state index in [-0.39, 0.29) is 0 Å². The highest BCUT2D eigenvalue weighted by atomic mass is 16.5. The Labute approximate surface area is 143 Å². The van der Waals surface area contributed by atoms with Crippen LogP contribution in [0.25, 0.3) is 10.9 Å². The maximum absolute atomic E-state index is 10.8. The summed E-state index contributed by atoms with van der Waals surface area (Å²) in [7, 11) is 1.65. The molecule has 2 N–H and O–H groups in total. The highest BCUT2D eigenvalue weighted by Crippen LogP contribution is 2.32. The highest BCUT2D eigenvalue weighted by molar-refractivity contribution is 5.83. The van der Waals surface area contributed by atoms with Gasteiger partial charge >= 0.3 is 0 Å².